The number of nitrogens with zero attached hydrogens (tertiary/aromatic N) is 3. The van der Waals surface area contributed by atoms with E-state index >= 15 is 0 Å². The van der Waals surface area contributed by atoms with Gasteiger partial charge in [0, 0.05) is 18.0 Å². The summed E-state index contributed by atoms with van der Waals surface area (Å²) >= 11 is 13.1. The lowest BCUT2D eigenvalue weighted by atomic mass is 10.1. The predicted molar refractivity (Wildman–Crippen MR) is 127 cm³/mol. The molecule has 3 N–H and O–H groups in total. The number of nitrogen functional groups attached to an aromatic ring is 1. The van der Waals surface area contributed by atoms with Crippen LogP contribution in [-0.4, -0.2) is 35.7 Å². The molecule has 0 atom stereocenters. The summed E-state index contributed by atoms with van der Waals surface area (Å²) in [4.78, 5) is 13.5. The molecule has 1 fully saturated rings. The first-order valence-corrected chi connectivity index (χ1v) is 11.0. The molecule has 1 aliphatic carbocycles. The number of anilines is 2. The number of hydrogen-bond donors (Lipinski definition) is 2. The third-order valence-electron chi connectivity index (χ3n) is 4.66. The first kappa shape index (κ1) is 23.2. The maximum absolute atomic E-state index is 6.54. The van der Waals surface area contributed by atoms with Crippen LogP contribution < -0.4 is 20.5 Å². The molecule has 0 radical (unpaired) electrons. The van der Waals surface area contributed by atoms with Crippen LogP contribution in [0.3, 0.4) is 0 Å². The zero-order valence-electron chi connectivity index (χ0n) is 18.1. The highest BCUT2D eigenvalue weighted by atomic mass is 35.5. The van der Waals surface area contributed by atoms with E-state index in [4.69, 9.17) is 43.4 Å². The second-order valence-electron chi connectivity index (χ2n) is 7.34. The molecule has 1 saturated carbocycles. The van der Waals surface area contributed by atoms with Crippen molar-refractivity contribution in [2.75, 3.05) is 31.8 Å². The average Bonchev–Trinajstić information content (AvgIpc) is 3.58. The molecule has 9 heteroatoms. The van der Waals surface area contributed by atoms with E-state index in [0.717, 1.165) is 11.9 Å². The summed E-state index contributed by atoms with van der Waals surface area (Å²) < 4.78 is 10.7. The van der Waals surface area contributed by atoms with Gasteiger partial charge in [0.1, 0.15) is 23.1 Å². The third kappa shape index (κ3) is 5.22. The van der Waals surface area contributed by atoms with Gasteiger partial charge >= 0.3 is 0 Å². The van der Waals surface area contributed by atoms with Crippen molar-refractivity contribution in [3.8, 4) is 22.9 Å². The summed E-state index contributed by atoms with van der Waals surface area (Å²) in [5.41, 5.74) is 6.93. The summed E-state index contributed by atoms with van der Waals surface area (Å²) in [7, 11) is 3.05. The quantitative estimate of drug-likeness (QED) is 0.473. The number of benzene rings is 1. The van der Waals surface area contributed by atoms with E-state index in [1.54, 1.807) is 18.3 Å². The lowest BCUT2D eigenvalue weighted by Gasteiger charge is -2.15. The first-order chi connectivity index (χ1) is 14.9. The van der Waals surface area contributed by atoms with Gasteiger partial charge < -0.3 is 20.5 Å². The summed E-state index contributed by atoms with van der Waals surface area (Å²) in [6, 6.07) is 3.38. The van der Waals surface area contributed by atoms with Crippen LogP contribution in [0.2, 0.25) is 10.0 Å². The molecule has 31 heavy (non-hydrogen) atoms. The van der Waals surface area contributed by atoms with E-state index in [-0.39, 0.29) is 0 Å². The molecule has 1 aliphatic rings. The Morgan fingerprint density at radius 3 is 2.23 bits per heavy atom. The summed E-state index contributed by atoms with van der Waals surface area (Å²) in [6.07, 6.45) is 5.30. The van der Waals surface area contributed by atoms with Gasteiger partial charge in [-0.15, -0.1) is 0 Å². The molecular formula is C22H27Cl2N5O2. The Morgan fingerprint density at radius 2 is 1.68 bits per heavy atom. The molecule has 166 valence electrons. The molecule has 0 aliphatic heterocycles. The SMILES string of the molecule is CCC.COc1cc(OC)c(Cl)c(-c2nc(NCC3CC3)c3cc(N)ncc3n2)c1Cl. The van der Waals surface area contributed by atoms with Crippen LogP contribution in [0.1, 0.15) is 33.1 Å². The minimum Gasteiger partial charge on any atom is -0.495 e. The lowest BCUT2D eigenvalue weighted by molar-refractivity contribution is 0.395. The summed E-state index contributed by atoms with van der Waals surface area (Å²) in [6.45, 7) is 5.08. The molecule has 1 aromatic carbocycles. The molecule has 0 bridgehead atoms. The van der Waals surface area contributed by atoms with Crippen LogP contribution in [0.25, 0.3) is 22.3 Å². The van der Waals surface area contributed by atoms with Gasteiger partial charge in [-0.3, -0.25) is 0 Å². The third-order valence-corrected chi connectivity index (χ3v) is 5.41. The van der Waals surface area contributed by atoms with E-state index in [1.807, 2.05) is 0 Å². The molecule has 2 aromatic heterocycles. The normalized spacial score (nSPS) is 12.8. The van der Waals surface area contributed by atoms with Gasteiger partial charge in [-0.05, 0) is 24.8 Å². The Kier molecular flexibility index (Phi) is 7.62. The zero-order chi connectivity index (χ0) is 22.5. The molecule has 0 spiro atoms. The summed E-state index contributed by atoms with van der Waals surface area (Å²) in [5, 5.41) is 4.81. The van der Waals surface area contributed by atoms with Crippen molar-refractivity contribution < 1.29 is 9.47 Å². The van der Waals surface area contributed by atoms with Gasteiger partial charge in [-0.2, -0.15) is 0 Å². The van der Waals surface area contributed by atoms with Crippen LogP contribution in [0.15, 0.2) is 18.3 Å². The molecule has 0 unspecified atom stereocenters. The second kappa shape index (κ2) is 10.2. The van der Waals surface area contributed by atoms with E-state index in [0.29, 0.717) is 56.0 Å². The van der Waals surface area contributed by atoms with Crippen molar-refractivity contribution in [1.82, 2.24) is 15.0 Å². The van der Waals surface area contributed by atoms with E-state index in [9.17, 15) is 0 Å². The molecule has 4 rings (SSSR count). The average molecular weight is 464 g/mol. The topological polar surface area (TPSA) is 95.2 Å². The molecular weight excluding hydrogens is 437 g/mol. The largest absolute Gasteiger partial charge is 0.495 e. The standard InChI is InChI=1S/C19H19Cl2N5O2.C3H8/c1-27-12-6-13(28-2)17(21)15(16(12)20)19-25-11-8-23-14(22)5-10(11)18(26-19)24-7-9-3-4-9;1-3-2/h5-6,8-9H,3-4,7H2,1-2H3,(H2,22,23)(H,24,25,26);3H2,1-2H3. The number of halogens is 2. The number of nitrogens with one attached hydrogen (secondary N) is 1. The number of rotatable bonds is 6. The lowest BCUT2D eigenvalue weighted by Crippen LogP contribution is -2.08. The van der Waals surface area contributed by atoms with Crippen LogP contribution in [-0.2, 0) is 0 Å². The zero-order valence-corrected chi connectivity index (χ0v) is 19.6. The molecule has 0 saturated heterocycles. The maximum Gasteiger partial charge on any atom is 0.165 e. The van der Waals surface area contributed by atoms with Gasteiger partial charge in [0.15, 0.2) is 5.82 Å². The van der Waals surface area contributed by atoms with Gasteiger partial charge in [-0.1, -0.05) is 43.5 Å². The van der Waals surface area contributed by atoms with Crippen molar-refractivity contribution in [2.24, 2.45) is 5.92 Å². The summed E-state index contributed by atoms with van der Waals surface area (Å²) in [5.74, 6) is 2.92. The fourth-order valence-electron chi connectivity index (χ4n) is 2.94. The second-order valence-corrected chi connectivity index (χ2v) is 8.09. The Morgan fingerprint density at radius 1 is 1.06 bits per heavy atom. The highest BCUT2D eigenvalue weighted by molar-refractivity contribution is 6.41. The number of aromatic nitrogens is 3. The molecule has 2 heterocycles. The molecule has 7 nitrogen and oxygen atoms in total. The molecule has 3 aromatic rings. The predicted octanol–water partition coefficient (Wildman–Crippen LogP) is 5.84. The smallest absolute Gasteiger partial charge is 0.165 e. The number of ether oxygens (including phenoxy) is 2. The van der Waals surface area contributed by atoms with Crippen molar-refractivity contribution in [2.45, 2.75) is 33.1 Å². The Hall–Kier alpha value is -2.51. The maximum atomic E-state index is 6.54. The highest BCUT2D eigenvalue weighted by Gasteiger charge is 2.24. The minimum absolute atomic E-state index is 0.309. The van der Waals surface area contributed by atoms with E-state index in [1.165, 1.54) is 33.5 Å². The fraction of sp³-hybridized carbons (Fsp3) is 0.409. The van der Waals surface area contributed by atoms with E-state index < -0.39 is 0 Å². The van der Waals surface area contributed by atoms with Gasteiger partial charge in [-0.25, -0.2) is 15.0 Å². The monoisotopic (exact) mass is 463 g/mol. The van der Waals surface area contributed by atoms with Crippen molar-refractivity contribution in [1.29, 1.82) is 0 Å². The Labute approximate surface area is 192 Å². The number of hydrogen-bond acceptors (Lipinski definition) is 7. The van der Waals surface area contributed by atoms with Gasteiger partial charge in [0.05, 0.1) is 41.5 Å². The number of pyridine rings is 1. The Bertz CT molecular complexity index is 1050. The van der Waals surface area contributed by atoms with Crippen LogP contribution >= 0.6 is 23.2 Å². The highest BCUT2D eigenvalue weighted by Crippen LogP contribution is 2.45. The van der Waals surface area contributed by atoms with Gasteiger partial charge in [0.25, 0.3) is 0 Å². The first-order valence-electron chi connectivity index (χ1n) is 10.2. The van der Waals surface area contributed by atoms with Crippen molar-refractivity contribution in [3.63, 3.8) is 0 Å². The van der Waals surface area contributed by atoms with Crippen molar-refractivity contribution >= 4 is 45.7 Å². The van der Waals surface area contributed by atoms with E-state index in [2.05, 4.69) is 29.1 Å². The number of nitrogens with two attached hydrogens (primary N) is 1. The van der Waals surface area contributed by atoms with Crippen LogP contribution in [0, 0.1) is 5.92 Å². The number of methoxy groups -OCH3 is 2. The number of fused-ring (bicyclic) bond motifs is 1. The minimum atomic E-state index is 0.309. The van der Waals surface area contributed by atoms with Crippen LogP contribution in [0.4, 0.5) is 11.6 Å². The fourth-order valence-corrected chi connectivity index (χ4v) is 3.61. The van der Waals surface area contributed by atoms with Crippen LogP contribution in [0.5, 0.6) is 11.5 Å². The Balaban J connectivity index is 0.000000858. The van der Waals surface area contributed by atoms with Crippen molar-refractivity contribution in [3.05, 3.63) is 28.4 Å². The van der Waals surface area contributed by atoms with Gasteiger partial charge in [0.2, 0.25) is 0 Å². The molecule has 0 amide bonds.